The molecule has 1 saturated heterocycles. The molecule has 0 radical (unpaired) electrons. The molecule has 0 amide bonds. The van der Waals surface area contributed by atoms with E-state index in [4.69, 9.17) is 0 Å². The van der Waals surface area contributed by atoms with Gasteiger partial charge in [-0.1, -0.05) is 6.92 Å². The summed E-state index contributed by atoms with van der Waals surface area (Å²) in [4.78, 5) is 6.83. The van der Waals surface area contributed by atoms with Gasteiger partial charge in [-0.2, -0.15) is 0 Å². The lowest BCUT2D eigenvalue weighted by atomic mass is 10.1. The van der Waals surface area contributed by atoms with Crippen LogP contribution in [0.5, 0.6) is 0 Å². The number of hydrogen-bond donors (Lipinski definition) is 0. The third-order valence-corrected chi connectivity index (χ3v) is 2.73. The molecule has 1 fully saturated rings. The number of aromatic nitrogens is 1. The summed E-state index contributed by atoms with van der Waals surface area (Å²) in [7, 11) is 0. The molecule has 0 spiro atoms. The summed E-state index contributed by atoms with van der Waals surface area (Å²) in [6.07, 6.45) is 4.37. The molecule has 2 nitrogen and oxygen atoms in total. The van der Waals surface area contributed by atoms with Crippen LogP contribution >= 0.6 is 0 Å². The van der Waals surface area contributed by atoms with Crippen molar-refractivity contribution in [2.75, 3.05) is 18.0 Å². The van der Waals surface area contributed by atoms with E-state index in [1.807, 2.05) is 6.20 Å². The molecule has 0 bridgehead atoms. The van der Waals surface area contributed by atoms with Crippen LogP contribution < -0.4 is 4.90 Å². The molecular formula is C11H16N2. The van der Waals surface area contributed by atoms with Gasteiger partial charge < -0.3 is 4.90 Å². The molecule has 0 atom stereocenters. The fourth-order valence-corrected chi connectivity index (χ4v) is 1.71. The van der Waals surface area contributed by atoms with E-state index in [1.54, 1.807) is 0 Å². The van der Waals surface area contributed by atoms with E-state index in [-0.39, 0.29) is 0 Å². The molecule has 1 aromatic rings. The molecule has 0 unspecified atom stereocenters. The Hall–Kier alpha value is -1.05. The van der Waals surface area contributed by atoms with Crippen LogP contribution in [-0.2, 0) is 6.42 Å². The highest BCUT2D eigenvalue weighted by Gasteiger charge is 2.14. The number of hydrogen-bond acceptors (Lipinski definition) is 2. The molecule has 70 valence electrons. The second-order valence-corrected chi connectivity index (χ2v) is 3.65. The van der Waals surface area contributed by atoms with Gasteiger partial charge in [-0.05, 0) is 31.4 Å². The molecule has 0 saturated carbocycles. The number of pyridine rings is 1. The summed E-state index contributed by atoms with van der Waals surface area (Å²) < 4.78 is 0. The van der Waals surface area contributed by atoms with Gasteiger partial charge in [-0.3, -0.25) is 4.98 Å². The van der Waals surface area contributed by atoms with Crippen LogP contribution in [0.4, 0.5) is 5.69 Å². The molecule has 1 aliphatic rings. The summed E-state index contributed by atoms with van der Waals surface area (Å²) in [5, 5.41) is 0. The van der Waals surface area contributed by atoms with E-state index in [0.29, 0.717) is 0 Å². The first-order valence-electron chi connectivity index (χ1n) is 5.01. The van der Waals surface area contributed by atoms with Crippen LogP contribution in [0.2, 0.25) is 0 Å². The fourth-order valence-electron chi connectivity index (χ4n) is 1.71. The van der Waals surface area contributed by atoms with Crippen molar-refractivity contribution < 1.29 is 0 Å². The zero-order valence-electron chi connectivity index (χ0n) is 8.38. The lowest BCUT2D eigenvalue weighted by molar-refractivity contribution is 0.616. The van der Waals surface area contributed by atoms with E-state index >= 15 is 0 Å². The van der Waals surface area contributed by atoms with Crippen LogP contribution in [0.3, 0.4) is 0 Å². The normalized spacial score (nSPS) is 15.7. The van der Waals surface area contributed by atoms with E-state index < -0.39 is 0 Å². The van der Waals surface area contributed by atoms with Gasteiger partial charge >= 0.3 is 0 Å². The topological polar surface area (TPSA) is 16.1 Å². The smallest absolute Gasteiger partial charge is 0.0555 e. The van der Waals surface area contributed by atoms with Crippen molar-refractivity contribution in [2.24, 2.45) is 0 Å². The Morgan fingerprint density at radius 1 is 1.46 bits per heavy atom. The maximum atomic E-state index is 4.46. The van der Waals surface area contributed by atoms with E-state index in [0.717, 1.165) is 6.42 Å². The number of aryl methyl sites for hydroxylation is 2. The highest BCUT2D eigenvalue weighted by Crippen LogP contribution is 2.21. The average molecular weight is 176 g/mol. The van der Waals surface area contributed by atoms with Gasteiger partial charge in [-0.25, -0.2) is 0 Å². The third kappa shape index (κ3) is 1.53. The lowest BCUT2D eigenvalue weighted by Gasteiger charge is -2.33. The largest absolute Gasteiger partial charge is 0.370 e. The fraction of sp³-hybridized carbons (Fsp3) is 0.545. The van der Waals surface area contributed by atoms with Crippen molar-refractivity contribution in [3.63, 3.8) is 0 Å². The quantitative estimate of drug-likeness (QED) is 0.686. The van der Waals surface area contributed by atoms with Crippen molar-refractivity contribution in [3.8, 4) is 0 Å². The van der Waals surface area contributed by atoms with E-state index in [1.165, 1.54) is 36.5 Å². The zero-order chi connectivity index (χ0) is 9.26. The first-order chi connectivity index (χ1) is 6.31. The maximum absolute atomic E-state index is 4.46. The predicted octanol–water partition coefficient (Wildman–Crippen LogP) is 2.16. The molecule has 13 heavy (non-hydrogen) atoms. The zero-order valence-corrected chi connectivity index (χ0v) is 8.38. The molecule has 1 aliphatic heterocycles. The van der Waals surface area contributed by atoms with Crippen molar-refractivity contribution in [1.82, 2.24) is 4.98 Å². The van der Waals surface area contributed by atoms with Gasteiger partial charge in [0.1, 0.15) is 0 Å². The molecule has 0 N–H and O–H groups in total. The van der Waals surface area contributed by atoms with Gasteiger partial charge in [0.05, 0.1) is 11.9 Å². The second kappa shape index (κ2) is 3.36. The second-order valence-electron chi connectivity index (χ2n) is 3.65. The van der Waals surface area contributed by atoms with Crippen LogP contribution in [0.1, 0.15) is 24.6 Å². The van der Waals surface area contributed by atoms with Gasteiger partial charge in [0.2, 0.25) is 0 Å². The highest BCUT2D eigenvalue weighted by atomic mass is 15.2. The van der Waals surface area contributed by atoms with Gasteiger partial charge in [0.15, 0.2) is 0 Å². The van der Waals surface area contributed by atoms with Crippen LogP contribution in [0, 0.1) is 6.92 Å². The Kier molecular flexibility index (Phi) is 2.21. The summed E-state index contributed by atoms with van der Waals surface area (Å²) in [6, 6.07) is 2.25. The maximum Gasteiger partial charge on any atom is 0.0555 e. The molecule has 2 heteroatoms. The highest BCUT2D eigenvalue weighted by molar-refractivity contribution is 5.49. The average Bonchev–Trinajstić information content (AvgIpc) is 2.01. The summed E-state index contributed by atoms with van der Waals surface area (Å²) in [6.45, 7) is 6.70. The monoisotopic (exact) mass is 176 g/mol. The Balaban J connectivity index is 2.24. The Labute approximate surface area is 79.6 Å². The number of nitrogens with zero attached hydrogens (tertiary/aromatic N) is 2. The summed E-state index contributed by atoms with van der Waals surface area (Å²) in [5.74, 6) is 0. The summed E-state index contributed by atoms with van der Waals surface area (Å²) >= 11 is 0. The third-order valence-electron chi connectivity index (χ3n) is 2.73. The predicted molar refractivity (Wildman–Crippen MR) is 55.2 cm³/mol. The Morgan fingerprint density at radius 3 is 2.69 bits per heavy atom. The molecule has 0 aliphatic carbocycles. The van der Waals surface area contributed by atoms with Crippen molar-refractivity contribution in [3.05, 3.63) is 23.5 Å². The SMILES string of the molecule is CCc1ncc(N2CCC2)cc1C. The van der Waals surface area contributed by atoms with E-state index in [2.05, 4.69) is 29.8 Å². The lowest BCUT2D eigenvalue weighted by Crippen LogP contribution is -2.37. The molecule has 2 rings (SSSR count). The van der Waals surface area contributed by atoms with Crippen molar-refractivity contribution >= 4 is 5.69 Å². The summed E-state index contributed by atoms with van der Waals surface area (Å²) in [5.41, 5.74) is 3.84. The van der Waals surface area contributed by atoms with Crippen molar-refractivity contribution in [2.45, 2.75) is 26.7 Å². The minimum absolute atomic E-state index is 1.03. The minimum atomic E-state index is 1.03. The molecule has 2 heterocycles. The molecule has 0 aromatic carbocycles. The van der Waals surface area contributed by atoms with Gasteiger partial charge in [0, 0.05) is 18.8 Å². The molecular weight excluding hydrogens is 160 g/mol. The Morgan fingerprint density at radius 2 is 2.23 bits per heavy atom. The molecule has 1 aromatic heterocycles. The first kappa shape index (κ1) is 8.54. The van der Waals surface area contributed by atoms with Gasteiger partial charge in [0.25, 0.3) is 0 Å². The number of rotatable bonds is 2. The van der Waals surface area contributed by atoms with Crippen molar-refractivity contribution in [1.29, 1.82) is 0 Å². The van der Waals surface area contributed by atoms with Gasteiger partial charge in [-0.15, -0.1) is 0 Å². The van der Waals surface area contributed by atoms with Crippen LogP contribution in [-0.4, -0.2) is 18.1 Å². The van der Waals surface area contributed by atoms with Crippen LogP contribution in [0.15, 0.2) is 12.3 Å². The number of anilines is 1. The first-order valence-corrected chi connectivity index (χ1v) is 5.01. The van der Waals surface area contributed by atoms with Crippen LogP contribution in [0.25, 0.3) is 0 Å². The standard InChI is InChI=1S/C11H16N2/c1-3-11-9(2)7-10(8-12-11)13-5-4-6-13/h7-8H,3-6H2,1-2H3. The van der Waals surface area contributed by atoms with E-state index in [9.17, 15) is 0 Å². The minimum Gasteiger partial charge on any atom is -0.370 e. The Bertz CT molecular complexity index is 303.